The lowest BCUT2D eigenvalue weighted by Crippen LogP contribution is -2.24. The van der Waals surface area contributed by atoms with Crippen molar-refractivity contribution >= 4 is 11.8 Å². The van der Waals surface area contributed by atoms with Gasteiger partial charge < -0.3 is 15.7 Å². The van der Waals surface area contributed by atoms with Crippen LogP contribution in [0.15, 0.2) is 84.0 Å². The first-order valence-corrected chi connectivity index (χ1v) is 10.5. The zero-order chi connectivity index (χ0) is 21.6. The smallest absolute Gasteiger partial charge is 0.335 e. The van der Waals surface area contributed by atoms with Crippen LogP contribution in [-0.4, -0.2) is 16.9 Å². The van der Waals surface area contributed by atoms with E-state index in [0.717, 1.165) is 41.5 Å². The van der Waals surface area contributed by atoms with Crippen LogP contribution in [0.5, 0.6) is 5.75 Å². The fourth-order valence-electron chi connectivity index (χ4n) is 4.29. The Hall–Kier alpha value is -3.60. The lowest BCUT2D eigenvalue weighted by Gasteiger charge is -2.24. The van der Waals surface area contributed by atoms with Crippen molar-refractivity contribution in [2.45, 2.75) is 31.6 Å². The zero-order valence-electron chi connectivity index (χ0n) is 17.3. The molecule has 0 spiro atoms. The molecule has 5 heteroatoms. The zero-order valence-corrected chi connectivity index (χ0v) is 17.3. The van der Waals surface area contributed by atoms with Gasteiger partial charge in [-0.2, -0.15) is 0 Å². The highest BCUT2D eigenvalue weighted by Crippen LogP contribution is 2.33. The molecule has 1 unspecified atom stereocenters. The second kappa shape index (κ2) is 9.47. The summed E-state index contributed by atoms with van der Waals surface area (Å²) in [6.45, 7) is 0. The summed E-state index contributed by atoms with van der Waals surface area (Å²) in [5.74, 6) is 0.0573. The second-order valence-corrected chi connectivity index (χ2v) is 7.96. The summed E-state index contributed by atoms with van der Waals surface area (Å²) in [5, 5.41) is 14.0. The first-order valence-electron chi connectivity index (χ1n) is 10.5. The summed E-state index contributed by atoms with van der Waals surface area (Å²) < 4.78 is 0. The Balaban J connectivity index is 1.43. The van der Waals surface area contributed by atoms with Crippen LogP contribution in [0.1, 0.15) is 41.0 Å². The third kappa shape index (κ3) is 4.94. The summed E-state index contributed by atoms with van der Waals surface area (Å²) >= 11 is 0. The lowest BCUT2D eigenvalue weighted by atomic mass is 9.82. The second-order valence-electron chi connectivity index (χ2n) is 7.96. The molecular formula is C26H26N2O3. The van der Waals surface area contributed by atoms with E-state index in [0.29, 0.717) is 5.75 Å². The molecule has 3 aromatic rings. The van der Waals surface area contributed by atoms with Crippen molar-refractivity contribution in [1.29, 1.82) is 0 Å². The Morgan fingerprint density at radius 2 is 1.65 bits per heavy atom. The minimum atomic E-state index is -0.392. The molecule has 1 aliphatic carbocycles. The van der Waals surface area contributed by atoms with Gasteiger partial charge in [-0.1, -0.05) is 78.0 Å². The number of phenols is 1. The van der Waals surface area contributed by atoms with Crippen molar-refractivity contribution in [2.24, 2.45) is 16.8 Å². The molecular weight excluding hydrogens is 388 g/mol. The number of nitrogens with two attached hydrogens (primary N) is 1. The van der Waals surface area contributed by atoms with Crippen molar-refractivity contribution in [3.8, 4) is 5.75 Å². The number of carbonyl (C=O) groups excluding carboxylic acids is 1. The first kappa shape index (κ1) is 20.7. The van der Waals surface area contributed by atoms with Gasteiger partial charge in [0.25, 0.3) is 0 Å². The number of benzene rings is 3. The molecule has 3 N–H and O–H groups in total. The SMILES string of the molecule is NC(=NOC(=O)CC1CCc2c(O)cccc2C1)C(c1ccccc1)c1ccccc1. The fraction of sp³-hybridized carbons (Fsp3) is 0.231. The number of amidine groups is 1. The number of oxime groups is 1. The van der Waals surface area contributed by atoms with Gasteiger partial charge in [0.05, 0.1) is 12.3 Å². The molecule has 1 atom stereocenters. The Morgan fingerprint density at radius 3 is 2.29 bits per heavy atom. The van der Waals surface area contributed by atoms with Crippen LogP contribution in [0.25, 0.3) is 0 Å². The summed E-state index contributed by atoms with van der Waals surface area (Å²) in [4.78, 5) is 17.7. The molecule has 0 aliphatic heterocycles. The largest absolute Gasteiger partial charge is 0.508 e. The summed E-state index contributed by atoms with van der Waals surface area (Å²) in [6.07, 6.45) is 2.60. The quantitative estimate of drug-likeness (QED) is 0.268. The van der Waals surface area contributed by atoms with E-state index in [4.69, 9.17) is 10.6 Å². The van der Waals surface area contributed by atoms with Crippen molar-refractivity contribution in [3.63, 3.8) is 0 Å². The van der Waals surface area contributed by atoms with Crippen molar-refractivity contribution < 1.29 is 14.7 Å². The number of aromatic hydroxyl groups is 1. The van der Waals surface area contributed by atoms with Gasteiger partial charge in [-0.15, -0.1) is 0 Å². The van der Waals surface area contributed by atoms with Crippen molar-refractivity contribution in [1.82, 2.24) is 0 Å². The molecule has 0 fully saturated rings. The van der Waals surface area contributed by atoms with Gasteiger partial charge >= 0.3 is 5.97 Å². The number of carbonyl (C=O) groups is 1. The van der Waals surface area contributed by atoms with Crippen LogP contribution in [0, 0.1) is 5.92 Å². The predicted octanol–water partition coefficient (Wildman–Crippen LogP) is 4.53. The van der Waals surface area contributed by atoms with Gasteiger partial charge in [-0.25, -0.2) is 4.79 Å². The molecule has 0 heterocycles. The summed E-state index contributed by atoms with van der Waals surface area (Å²) in [7, 11) is 0. The maximum absolute atomic E-state index is 12.5. The molecule has 0 amide bonds. The van der Waals surface area contributed by atoms with E-state index in [1.807, 2.05) is 72.8 Å². The number of nitrogens with zero attached hydrogens (tertiary/aromatic N) is 1. The molecule has 0 aromatic heterocycles. The van der Waals surface area contributed by atoms with E-state index in [9.17, 15) is 9.90 Å². The molecule has 0 saturated carbocycles. The molecule has 0 saturated heterocycles. The average Bonchev–Trinajstić information content (AvgIpc) is 2.79. The molecule has 158 valence electrons. The highest BCUT2D eigenvalue weighted by atomic mass is 16.7. The van der Waals surface area contributed by atoms with Gasteiger partial charge in [0.2, 0.25) is 0 Å². The summed E-state index contributed by atoms with van der Waals surface area (Å²) in [6, 6.07) is 25.2. The molecule has 5 nitrogen and oxygen atoms in total. The first-order chi connectivity index (χ1) is 15.1. The predicted molar refractivity (Wildman–Crippen MR) is 121 cm³/mol. The number of phenolic OH excluding ortho intramolecular Hbond substituents is 1. The highest BCUT2D eigenvalue weighted by molar-refractivity contribution is 5.90. The van der Waals surface area contributed by atoms with Crippen LogP contribution in [0.3, 0.4) is 0 Å². The van der Waals surface area contributed by atoms with Crippen LogP contribution in [0.2, 0.25) is 0 Å². The van der Waals surface area contributed by atoms with E-state index in [1.54, 1.807) is 6.07 Å². The Labute approximate surface area is 182 Å². The van der Waals surface area contributed by atoms with E-state index in [1.165, 1.54) is 0 Å². The van der Waals surface area contributed by atoms with E-state index < -0.39 is 5.97 Å². The molecule has 1 aliphatic rings. The van der Waals surface area contributed by atoms with E-state index in [2.05, 4.69) is 5.16 Å². The Bertz CT molecular complexity index is 1030. The Morgan fingerprint density at radius 1 is 1.00 bits per heavy atom. The molecule has 31 heavy (non-hydrogen) atoms. The molecule has 0 radical (unpaired) electrons. The lowest BCUT2D eigenvalue weighted by molar-refractivity contribution is -0.144. The average molecular weight is 415 g/mol. The normalized spacial score (nSPS) is 16.0. The van der Waals surface area contributed by atoms with E-state index >= 15 is 0 Å². The minimum Gasteiger partial charge on any atom is -0.508 e. The number of fused-ring (bicyclic) bond motifs is 1. The van der Waals surface area contributed by atoms with Crippen LogP contribution in [0.4, 0.5) is 0 Å². The van der Waals surface area contributed by atoms with Gasteiger partial charge in [0.15, 0.2) is 5.84 Å². The molecule has 4 rings (SSSR count). The van der Waals surface area contributed by atoms with E-state index in [-0.39, 0.29) is 24.1 Å². The van der Waals surface area contributed by atoms with Gasteiger partial charge in [0, 0.05) is 0 Å². The van der Waals surface area contributed by atoms with Gasteiger partial charge in [-0.05, 0) is 53.5 Å². The highest BCUT2D eigenvalue weighted by Gasteiger charge is 2.24. The maximum atomic E-state index is 12.5. The standard InChI is InChI=1S/C26H26N2O3/c27-26(25(19-8-3-1-4-9-19)20-10-5-2-6-11-20)28-31-24(30)17-18-14-15-22-21(16-18)12-7-13-23(22)29/h1-13,18,25,29H,14-17H2,(H2,27,28). The van der Waals surface area contributed by atoms with Crippen molar-refractivity contribution in [3.05, 3.63) is 101 Å². The topological polar surface area (TPSA) is 84.9 Å². The number of hydrogen-bond donors (Lipinski definition) is 2. The van der Waals surface area contributed by atoms with Gasteiger partial charge in [0.1, 0.15) is 5.75 Å². The van der Waals surface area contributed by atoms with Crippen LogP contribution < -0.4 is 5.73 Å². The number of rotatable bonds is 6. The minimum absolute atomic E-state index is 0.164. The fourth-order valence-corrected chi connectivity index (χ4v) is 4.29. The molecule has 0 bridgehead atoms. The third-order valence-electron chi connectivity index (χ3n) is 5.83. The summed E-state index contributed by atoms with van der Waals surface area (Å²) in [5.41, 5.74) is 10.3. The molecule has 3 aromatic carbocycles. The maximum Gasteiger partial charge on any atom is 0.335 e. The van der Waals surface area contributed by atoms with Gasteiger partial charge in [-0.3, -0.25) is 0 Å². The third-order valence-corrected chi connectivity index (χ3v) is 5.83. The van der Waals surface area contributed by atoms with Crippen molar-refractivity contribution in [2.75, 3.05) is 0 Å². The number of hydrogen-bond acceptors (Lipinski definition) is 4. The monoisotopic (exact) mass is 414 g/mol. The Kier molecular flexibility index (Phi) is 6.32. The van der Waals surface area contributed by atoms with Crippen LogP contribution >= 0.6 is 0 Å². The van der Waals surface area contributed by atoms with Crippen LogP contribution in [-0.2, 0) is 22.5 Å².